The molecule has 8 aromatic rings. The molecule has 0 aromatic carbocycles. The minimum atomic E-state index is -0.452. The SMILES string of the molecule is Cc1ccnc(-c2cc(CCCC(=O)NCc3nc4c([nH]3)c(=O)n(C)c(=O)n4C)ccn2)c1.[Ru+].c1ccc(-c2ccccn2)nc1.c1ccc(-c2ccccn2)nc1. The molecule has 0 aliphatic carbocycles. The van der Waals surface area contributed by atoms with Gasteiger partial charge in [0.25, 0.3) is 5.56 Å². The molecule has 0 aliphatic rings. The van der Waals surface area contributed by atoms with E-state index < -0.39 is 11.2 Å². The number of nitrogens with one attached hydrogen (secondary N) is 2. The Kier molecular flexibility index (Phi) is 15.2. The number of imidazole rings is 1. The number of amides is 1. The third-order valence-electron chi connectivity index (χ3n) is 8.65. The molecule has 293 valence electrons. The van der Waals surface area contributed by atoms with Gasteiger partial charge in [0.05, 0.1) is 40.7 Å². The van der Waals surface area contributed by atoms with Crippen molar-refractivity contribution in [1.29, 1.82) is 0 Å². The van der Waals surface area contributed by atoms with Gasteiger partial charge >= 0.3 is 25.2 Å². The second-order valence-corrected chi connectivity index (χ2v) is 12.8. The molecule has 0 bridgehead atoms. The Hall–Kier alpha value is -6.86. The number of aromatic nitrogens is 10. The number of aromatic amines is 1. The van der Waals surface area contributed by atoms with Crippen LogP contribution >= 0.6 is 0 Å². The van der Waals surface area contributed by atoms with Crippen LogP contribution in [0.4, 0.5) is 0 Å². The van der Waals surface area contributed by atoms with Crippen LogP contribution in [0.3, 0.4) is 0 Å². The topological polar surface area (TPSA) is 179 Å². The fraction of sp³-hybridized carbons (Fsp3) is 0.163. The number of carbonyl (C=O) groups excluding carboxylic acids is 1. The second-order valence-electron chi connectivity index (χ2n) is 12.8. The van der Waals surface area contributed by atoms with E-state index in [-0.39, 0.29) is 43.1 Å². The van der Waals surface area contributed by atoms with E-state index in [0.29, 0.717) is 18.7 Å². The summed E-state index contributed by atoms with van der Waals surface area (Å²) in [4.78, 5) is 69.3. The van der Waals surface area contributed by atoms with Crippen molar-refractivity contribution in [3.8, 4) is 34.2 Å². The third-order valence-corrected chi connectivity index (χ3v) is 8.65. The summed E-state index contributed by atoms with van der Waals surface area (Å²) >= 11 is 0. The van der Waals surface area contributed by atoms with Gasteiger partial charge in [-0.15, -0.1) is 0 Å². The van der Waals surface area contributed by atoms with Crippen molar-refractivity contribution in [2.24, 2.45) is 14.1 Å². The van der Waals surface area contributed by atoms with E-state index in [9.17, 15) is 14.4 Å². The molecule has 8 rings (SSSR count). The quantitative estimate of drug-likeness (QED) is 0.172. The summed E-state index contributed by atoms with van der Waals surface area (Å²) in [5.41, 5.74) is 7.11. The van der Waals surface area contributed by atoms with Crippen LogP contribution in [-0.2, 0) is 51.3 Å². The maximum absolute atomic E-state index is 12.3. The maximum atomic E-state index is 12.3. The van der Waals surface area contributed by atoms with E-state index in [1.165, 1.54) is 11.6 Å². The van der Waals surface area contributed by atoms with E-state index in [4.69, 9.17) is 0 Å². The van der Waals surface area contributed by atoms with Gasteiger partial charge in [-0.1, -0.05) is 24.3 Å². The predicted molar refractivity (Wildman–Crippen MR) is 219 cm³/mol. The van der Waals surface area contributed by atoms with Crippen LogP contribution in [0.2, 0.25) is 0 Å². The number of fused-ring (bicyclic) bond motifs is 1. The number of H-pyrrole nitrogens is 1. The van der Waals surface area contributed by atoms with E-state index in [1.807, 2.05) is 104 Å². The van der Waals surface area contributed by atoms with Crippen LogP contribution in [0.25, 0.3) is 45.3 Å². The molecule has 0 saturated heterocycles. The summed E-state index contributed by atoms with van der Waals surface area (Å²) in [6, 6.07) is 31.1. The molecule has 8 heterocycles. The first-order chi connectivity index (χ1) is 27.8. The summed E-state index contributed by atoms with van der Waals surface area (Å²) in [5.74, 6) is 0.299. The monoisotopic (exact) mass is 861 g/mol. The Morgan fingerprint density at radius 3 is 1.64 bits per heavy atom. The predicted octanol–water partition coefficient (Wildman–Crippen LogP) is 5.65. The van der Waals surface area contributed by atoms with Crippen molar-refractivity contribution in [2.45, 2.75) is 32.7 Å². The Morgan fingerprint density at radius 2 is 1.14 bits per heavy atom. The summed E-state index contributed by atoms with van der Waals surface area (Å²) in [6.45, 7) is 2.16. The molecule has 0 spiro atoms. The van der Waals surface area contributed by atoms with Crippen LogP contribution in [0.15, 0.2) is 144 Å². The van der Waals surface area contributed by atoms with Crippen molar-refractivity contribution in [3.05, 3.63) is 172 Å². The number of nitrogens with zero attached hydrogens (tertiary/aromatic N) is 9. The number of pyridine rings is 6. The van der Waals surface area contributed by atoms with Gasteiger partial charge in [0.1, 0.15) is 11.3 Å². The maximum Gasteiger partial charge on any atom is 1.00 e. The molecule has 1 amide bonds. The van der Waals surface area contributed by atoms with Crippen molar-refractivity contribution in [3.63, 3.8) is 0 Å². The molecule has 2 N–H and O–H groups in total. The van der Waals surface area contributed by atoms with Gasteiger partial charge < -0.3 is 10.3 Å². The molecule has 8 aromatic heterocycles. The Balaban J connectivity index is 0.000000207. The van der Waals surface area contributed by atoms with E-state index in [0.717, 1.165) is 56.3 Å². The van der Waals surface area contributed by atoms with Gasteiger partial charge in [-0.25, -0.2) is 9.78 Å². The molecular formula is C43H41N11O3Ru+. The molecule has 14 nitrogen and oxygen atoms in total. The van der Waals surface area contributed by atoms with Crippen LogP contribution in [-0.4, -0.2) is 54.9 Å². The number of hydrogen-bond acceptors (Lipinski definition) is 10. The number of aryl methyl sites for hydroxylation is 3. The number of hydrogen-bond donors (Lipinski definition) is 2. The van der Waals surface area contributed by atoms with Gasteiger partial charge in [0.2, 0.25) is 5.91 Å². The molecule has 0 saturated carbocycles. The first-order valence-corrected chi connectivity index (χ1v) is 18.2. The van der Waals surface area contributed by atoms with Gasteiger partial charge in [-0.3, -0.25) is 48.6 Å². The molecule has 0 fully saturated rings. The number of rotatable bonds is 9. The number of carbonyl (C=O) groups is 1. The van der Waals surface area contributed by atoms with Gasteiger partial charge in [-0.05, 0) is 104 Å². The molecule has 0 unspecified atom stereocenters. The smallest absolute Gasteiger partial charge is 0.349 e. The zero-order chi connectivity index (χ0) is 40.0. The molecule has 1 radical (unpaired) electrons. The van der Waals surface area contributed by atoms with Gasteiger partial charge in [0.15, 0.2) is 5.65 Å². The first kappa shape index (κ1) is 42.3. The fourth-order valence-corrected chi connectivity index (χ4v) is 5.68. The van der Waals surface area contributed by atoms with E-state index >= 15 is 0 Å². The van der Waals surface area contributed by atoms with Crippen molar-refractivity contribution >= 4 is 17.1 Å². The van der Waals surface area contributed by atoms with Crippen molar-refractivity contribution in [2.75, 3.05) is 0 Å². The van der Waals surface area contributed by atoms with Crippen molar-refractivity contribution in [1.82, 2.24) is 54.3 Å². The minimum Gasteiger partial charge on any atom is -0.349 e. The largest absolute Gasteiger partial charge is 1.00 e. The van der Waals surface area contributed by atoms with Crippen LogP contribution in [0, 0.1) is 6.92 Å². The Labute approximate surface area is 347 Å². The van der Waals surface area contributed by atoms with Crippen LogP contribution in [0.1, 0.15) is 29.8 Å². The van der Waals surface area contributed by atoms with Crippen LogP contribution < -0.4 is 16.6 Å². The zero-order valence-corrected chi connectivity index (χ0v) is 33.9. The molecule has 0 atom stereocenters. The third kappa shape index (κ3) is 11.4. The molecule has 58 heavy (non-hydrogen) atoms. The minimum absolute atomic E-state index is 0. The standard InChI is InChI=1S/C23H25N7O3.2C10H8N2.Ru/c1-14-7-9-24-16(11-14)17-12-15(8-10-25-17)5-4-6-19(31)26-13-18-27-20-21(28-18)29(2)23(33)30(3)22(20)32;2*1-3-7-11-9(5-1)10-6-2-4-8-12-10;/h7-12H,4-6,13H2,1-3H3,(H,26,31)(H,27,28);2*1-8H;/q;;;+1. The normalized spacial score (nSPS) is 10.3. The van der Waals surface area contributed by atoms with Crippen LogP contribution in [0.5, 0.6) is 0 Å². The summed E-state index contributed by atoms with van der Waals surface area (Å²) in [7, 11) is 2.96. The first-order valence-electron chi connectivity index (χ1n) is 18.2. The molecule has 15 heteroatoms. The Bertz CT molecular complexity index is 2510. The van der Waals surface area contributed by atoms with E-state index in [1.54, 1.807) is 44.2 Å². The second kappa shape index (κ2) is 20.9. The molecule has 0 aliphatic heterocycles. The summed E-state index contributed by atoms with van der Waals surface area (Å²) in [6.07, 6.45) is 12.4. The molecular weight excluding hydrogens is 820 g/mol. The summed E-state index contributed by atoms with van der Waals surface area (Å²) in [5, 5.41) is 2.81. The van der Waals surface area contributed by atoms with Crippen molar-refractivity contribution < 1.29 is 24.3 Å². The fourth-order valence-electron chi connectivity index (χ4n) is 5.68. The average molecular weight is 861 g/mol. The van der Waals surface area contributed by atoms with Gasteiger partial charge in [-0.2, -0.15) is 0 Å². The average Bonchev–Trinajstić information content (AvgIpc) is 3.71. The zero-order valence-electron chi connectivity index (χ0n) is 32.1. The van der Waals surface area contributed by atoms with Gasteiger partial charge in [0, 0.05) is 57.7 Å². The summed E-state index contributed by atoms with van der Waals surface area (Å²) < 4.78 is 2.32. The Morgan fingerprint density at radius 1 is 0.638 bits per heavy atom. The van der Waals surface area contributed by atoms with E-state index in [2.05, 4.69) is 45.2 Å².